The summed E-state index contributed by atoms with van der Waals surface area (Å²) in [6.07, 6.45) is 0. The Balaban J connectivity index is 2.17. The van der Waals surface area contributed by atoms with Crippen LogP contribution >= 0.6 is 0 Å². The molecule has 0 aliphatic heterocycles. The van der Waals surface area contributed by atoms with Crippen molar-refractivity contribution in [3.63, 3.8) is 0 Å². The fraction of sp³-hybridized carbons (Fsp3) is 0.200. The Bertz CT molecular complexity index is 720. The van der Waals surface area contributed by atoms with Gasteiger partial charge in [0.05, 0.1) is 5.54 Å². The number of nitrogens with zero attached hydrogens (tertiary/aromatic N) is 2. The van der Waals surface area contributed by atoms with Crippen LogP contribution in [-0.4, -0.2) is 10.1 Å². The van der Waals surface area contributed by atoms with Gasteiger partial charge in [-0.1, -0.05) is 47.6 Å². The van der Waals surface area contributed by atoms with E-state index in [9.17, 15) is 0 Å². The third-order valence-corrected chi connectivity index (χ3v) is 3.01. The molecule has 0 atom stereocenters. The molecule has 0 fully saturated rings. The Morgan fingerprint density at radius 3 is 2.53 bits per heavy atom. The van der Waals surface area contributed by atoms with Crippen LogP contribution in [0.5, 0.6) is 0 Å². The first-order valence-corrected chi connectivity index (χ1v) is 6.17. The van der Waals surface area contributed by atoms with Crippen LogP contribution in [-0.2, 0) is 5.54 Å². The van der Waals surface area contributed by atoms with E-state index in [0.717, 1.165) is 16.3 Å². The van der Waals surface area contributed by atoms with Crippen molar-refractivity contribution in [2.24, 2.45) is 5.73 Å². The van der Waals surface area contributed by atoms with Gasteiger partial charge in [-0.2, -0.15) is 4.98 Å². The van der Waals surface area contributed by atoms with E-state index in [4.69, 9.17) is 10.3 Å². The summed E-state index contributed by atoms with van der Waals surface area (Å²) in [5.74, 6) is 1.01. The second-order valence-corrected chi connectivity index (χ2v) is 5.17. The van der Waals surface area contributed by atoms with E-state index in [2.05, 4.69) is 22.3 Å². The van der Waals surface area contributed by atoms with Gasteiger partial charge in [0, 0.05) is 5.56 Å². The van der Waals surface area contributed by atoms with Crippen LogP contribution < -0.4 is 5.73 Å². The summed E-state index contributed by atoms with van der Waals surface area (Å²) in [5.41, 5.74) is 6.29. The van der Waals surface area contributed by atoms with Gasteiger partial charge >= 0.3 is 0 Å². The van der Waals surface area contributed by atoms with Gasteiger partial charge in [0.15, 0.2) is 0 Å². The van der Waals surface area contributed by atoms with Gasteiger partial charge < -0.3 is 10.3 Å². The number of rotatable bonds is 2. The zero-order chi connectivity index (χ0) is 13.5. The summed E-state index contributed by atoms with van der Waals surface area (Å²) < 4.78 is 5.25. The molecule has 2 N–H and O–H groups in total. The quantitative estimate of drug-likeness (QED) is 0.762. The third kappa shape index (κ3) is 2.11. The molecule has 1 heterocycles. The van der Waals surface area contributed by atoms with E-state index < -0.39 is 5.54 Å². The predicted octanol–water partition coefficient (Wildman–Crippen LogP) is 3.08. The summed E-state index contributed by atoms with van der Waals surface area (Å²) in [5, 5.41) is 6.29. The van der Waals surface area contributed by atoms with Crippen molar-refractivity contribution in [3.05, 3.63) is 48.4 Å². The Morgan fingerprint density at radius 2 is 1.79 bits per heavy atom. The van der Waals surface area contributed by atoms with Crippen molar-refractivity contribution in [3.8, 4) is 11.4 Å². The smallest absolute Gasteiger partial charge is 0.246 e. The second kappa shape index (κ2) is 4.17. The van der Waals surface area contributed by atoms with E-state index in [-0.39, 0.29) is 0 Å². The van der Waals surface area contributed by atoms with Crippen LogP contribution in [0.25, 0.3) is 22.2 Å². The Hall–Kier alpha value is -2.20. The highest BCUT2D eigenvalue weighted by molar-refractivity contribution is 5.94. The van der Waals surface area contributed by atoms with E-state index in [1.54, 1.807) is 0 Å². The number of fused-ring (bicyclic) bond motifs is 1. The van der Waals surface area contributed by atoms with Gasteiger partial charge in [0.2, 0.25) is 11.7 Å². The first kappa shape index (κ1) is 11.9. The van der Waals surface area contributed by atoms with Crippen molar-refractivity contribution >= 4 is 10.8 Å². The second-order valence-electron chi connectivity index (χ2n) is 5.17. The van der Waals surface area contributed by atoms with Gasteiger partial charge in [0.25, 0.3) is 0 Å². The lowest BCUT2D eigenvalue weighted by molar-refractivity contribution is 0.312. The van der Waals surface area contributed by atoms with Crippen LogP contribution in [0.15, 0.2) is 47.0 Å². The SMILES string of the molecule is CC(C)(N)c1nc(-c2cccc3ccccc23)no1. The van der Waals surface area contributed by atoms with Crippen molar-refractivity contribution in [2.75, 3.05) is 0 Å². The first-order chi connectivity index (χ1) is 9.05. The molecule has 0 aliphatic rings. The topological polar surface area (TPSA) is 64.9 Å². The van der Waals surface area contributed by atoms with Gasteiger partial charge in [-0.3, -0.25) is 0 Å². The molecule has 19 heavy (non-hydrogen) atoms. The summed E-state index contributed by atoms with van der Waals surface area (Å²) in [7, 11) is 0. The van der Waals surface area contributed by atoms with Crippen LogP contribution in [0.4, 0.5) is 0 Å². The molecular weight excluding hydrogens is 238 g/mol. The molecule has 0 aliphatic carbocycles. The molecule has 0 radical (unpaired) electrons. The minimum Gasteiger partial charge on any atom is -0.337 e. The molecule has 0 amide bonds. The maximum Gasteiger partial charge on any atom is 0.246 e. The summed E-state index contributed by atoms with van der Waals surface area (Å²) >= 11 is 0. The highest BCUT2D eigenvalue weighted by Crippen LogP contribution is 2.27. The molecule has 4 nitrogen and oxygen atoms in total. The lowest BCUT2D eigenvalue weighted by Gasteiger charge is -2.10. The van der Waals surface area contributed by atoms with Gasteiger partial charge in [-0.25, -0.2) is 0 Å². The zero-order valence-corrected chi connectivity index (χ0v) is 10.9. The average molecular weight is 253 g/mol. The largest absolute Gasteiger partial charge is 0.337 e. The monoisotopic (exact) mass is 253 g/mol. The Morgan fingerprint density at radius 1 is 1.05 bits per heavy atom. The number of hydrogen-bond donors (Lipinski definition) is 1. The standard InChI is InChI=1S/C15H15N3O/c1-15(2,16)14-17-13(18-19-14)12-9-5-7-10-6-3-4-8-11(10)12/h3-9H,16H2,1-2H3. The molecule has 2 aromatic carbocycles. The van der Waals surface area contributed by atoms with E-state index >= 15 is 0 Å². The van der Waals surface area contributed by atoms with E-state index in [0.29, 0.717) is 11.7 Å². The normalized spacial score (nSPS) is 11.9. The van der Waals surface area contributed by atoms with Crippen LogP contribution in [0.3, 0.4) is 0 Å². The highest BCUT2D eigenvalue weighted by atomic mass is 16.5. The lowest BCUT2D eigenvalue weighted by atomic mass is 10.0. The van der Waals surface area contributed by atoms with Gasteiger partial charge in [0.1, 0.15) is 0 Å². The minimum atomic E-state index is -0.629. The molecule has 0 saturated heterocycles. The minimum absolute atomic E-state index is 0.440. The van der Waals surface area contributed by atoms with E-state index in [1.165, 1.54) is 0 Å². The Labute approximate surface area is 111 Å². The van der Waals surface area contributed by atoms with Crippen molar-refractivity contribution in [1.82, 2.24) is 10.1 Å². The van der Waals surface area contributed by atoms with Gasteiger partial charge in [-0.05, 0) is 24.6 Å². The molecule has 3 aromatic rings. The van der Waals surface area contributed by atoms with Gasteiger partial charge in [-0.15, -0.1) is 0 Å². The lowest BCUT2D eigenvalue weighted by Crippen LogP contribution is -2.28. The fourth-order valence-corrected chi connectivity index (χ4v) is 2.01. The Kier molecular flexibility index (Phi) is 2.61. The maximum absolute atomic E-state index is 5.96. The fourth-order valence-electron chi connectivity index (χ4n) is 2.01. The summed E-state index contributed by atoms with van der Waals surface area (Å²) in [6, 6.07) is 14.2. The van der Waals surface area contributed by atoms with Crippen LogP contribution in [0.2, 0.25) is 0 Å². The zero-order valence-electron chi connectivity index (χ0n) is 10.9. The third-order valence-electron chi connectivity index (χ3n) is 3.01. The number of hydrogen-bond acceptors (Lipinski definition) is 4. The van der Waals surface area contributed by atoms with Crippen LogP contribution in [0, 0.1) is 0 Å². The molecule has 96 valence electrons. The van der Waals surface area contributed by atoms with Crippen molar-refractivity contribution < 1.29 is 4.52 Å². The molecule has 1 aromatic heterocycles. The number of nitrogens with two attached hydrogens (primary N) is 1. The average Bonchev–Trinajstić information content (AvgIpc) is 2.87. The molecule has 4 heteroatoms. The molecular formula is C15H15N3O. The molecule has 0 saturated carbocycles. The predicted molar refractivity (Wildman–Crippen MR) is 74.5 cm³/mol. The molecule has 0 unspecified atom stereocenters. The summed E-state index contributed by atoms with van der Waals surface area (Å²) in [6.45, 7) is 3.68. The summed E-state index contributed by atoms with van der Waals surface area (Å²) in [4.78, 5) is 4.40. The van der Waals surface area contributed by atoms with E-state index in [1.807, 2.05) is 44.2 Å². The highest BCUT2D eigenvalue weighted by Gasteiger charge is 2.23. The molecule has 0 spiro atoms. The van der Waals surface area contributed by atoms with Crippen molar-refractivity contribution in [1.29, 1.82) is 0 Å². The first-order valence-electron chi connectivity index (χ1n) is 6.17. The number of benzene rings is 2. The molecule has 3 rings (SSSR count). The van der Waals surface area contributed by atoms with Crippen LogP contribution in [0.1, 0.15) is 19.7 Å². The van der Waals surface area contributed by atoms with Crippen molar-refractivity contribution in [2.45, 2.75) is 19.4 Å². The molecule has 0 bridgehead atoms. The number of aromatic nitrogens is 2. The maximum atomic E-state index is 5.96.